The highest BCUT2D eigenvalue weighted by atomic mass is 16.7. The van der Waals surface area contributed by atoms with Crippen molar-refractivity contribution >= 4 is 0 Å². The lowest BCUT2D eigenvalue weighted by Crippen LogP contribution is -2.22. The van der Waals surface area contributed by atoms with Crippen LogP contribution in [0.1, 0.15) is 51.4 Å². The van der Waals surface area contributed by atoms with E-state index in [1.807, 2.05) is 0 Å². The van der Waals surface area contributed by atoms with Crippen LogP contribution in [-0.4, -0.2) is 19.5 Å². The zero-order valence-electron chi connectivity index (χ0n) is 9.62. The van der Waals surface area contributed by atoms with Crippen molar-refractivity contribution in [3.05, 3.63) is 12.7 Å². The average molecular weight is 211 g/mol. The summed E-state index contributed by atoms with van der Waals surface area (Å²) in [6, 6.07) is 0. The molecule has 1 aliphatic rings. The van der Waals surface area contributed by atoms with E-state index < -0.39 is 0 Å². The third-order valence-electron chi connectivity index (χ3n) is 2.71. The van der Waals surface area contributed by atoms with Crippen molar-refractivity contribution in [3.63, 3.8) is 0 Å². The molecule has 1 radical (unpaired) electrons. The largest absolute Gasteiger partial charge is 0.353 e. The zero-order valence-corrected chi connectivity index (χ0v) is 9.62. The highest BCUT2D eigenvalue weighted by Crippen LogP contribution is 2.14. The van der Waals surface area contributed by atoms with E-state index in [1.54, 1.807) is 6.08 Å². The molecule has 2 nitrogen and oxygen atoms in total. The second-order valence-electron chi connectivity index (χ2n) is 4.11. The smallest absolute Gasteiger partial charge is 0.157 e. The highest BCUT2D eigenvalue weighted by molar-refractivity contribution is 4.61. The minimum absolute atomic E-state index is 0.0797. The quantitative estimate of drug-likeness (QED) is 0.572. The monoisotopic (exact) mass is 211 g/mol. The number of unbranched alkanes of at least 4 members (excludes halogenated alkanes) is 4. The fourth-order valence-electron chi connectivity index (χ4n) is 1.78. The molecular formula is C13H23O2. The van der Waals surface area contributed by atoms with E-state index in [-0.39, 0.29) is 6.29 Å². The first-order valence-electron chi connectivity index (χ1n) is 6.20. The van der Waals surface area contributed by atoms with E-state index in [4.69, 9.17) is 16.1 Å². The number of hydrogen-bond acceptors (Lipinski definition) is 2. The van der Waals surface area contributed by atoms with Crippen molar-refractivity contribution in [2.45, 2.75) is 57.7 Å². The summed E-state index contributed by atoms with van der Waals surface area (Å²) in [6.07, 6.45) is 11.2. The molecule has 1 atom stereocenters. The first-order chi connectivity index (χ1) is 7.43. The Hall–Kier alpha value is -0.340. The van der Waals surface area contributed by atoms with Crippen molar-refractivity contribution in [1.82, 2.24) is 0 Å². The third-order valence-corrected chi connectivity index (χ3v) is 2.71. The molecule has 0 N–H and O–H groups in total. The van der Waals surface area contributed by atoms with Crippen LogP contribution in [0.15, 0.2) is 6.08 Å². The Kier molecular flexibility index (Phi) is 7.58. The molecule has 0 bridgehead atoms. The highest BCUT2D eigenvalue weighted by Gasteiger charge is 2.12. The number of hydrogen-bond donors (Lipinski definition) is 0. The number of rotatable bonds is 8. The van der Waals surface area contributed by atoms with Gasteiger partial charge in [0.05, 0.1) is 0 Å². The Labute approximate surface area is 93.7 Å². The maximum atomic E-state index is 5.63. The van der Waals surface area contributed by atoms with Crippen LogP contribution in [0.5, 0.6) is 0 Å². The number of allylic oxidation sites excluding steroid dienone is 1. The molecule has 0 aromatic carbocycles. The van der Waals surface area contributed by atoms with E-state index in [2.05, 4.69) is 0 Å². The maximum absolute atomic E-state index is 5.63. The van der Waals surface area contributed by atoms with Crippen LogP contribution in [0, 0.1) is 6.58 Å². The topological polar surface area (TPSA) is 18.5 Å². The molecule has 0 aromatic heterocycles. The fourth-order valence-corrected chi connectivity index (χ4v) is 1.78. The Balaban J connectivity index is 1.81. The van der Waals surface area contributed by atoms with Crippen LogP contribution >= 0.6 is 0 Å². The van der Waals surface area contributed by atoms with Crippen molar-refractivity contribution in [3.8, 4) is 0 Å². The van der Waals surface area contributed by atoms with Gasteiger partial charge in [0.2, 0.25) is 0 Å². The molecule has 1 fully saturated rings. The van der Waals surface area contributed by atoms with E-state index in [1.165, 1.54) is 32.1 Å². The summed E-state index contributed by atoms with van der Waals surface area (Å²) in [6.45, 7) is 7.02. The van der Waals surface area contributed by atoms with Crippen LogP contribution in [0.4, 0.5) is 0 Å². The van der Waals surface area contributed by atoms with Gasteiger partial charge in [-0.05, 0) is 38.5 Å². The molecular weight excluding hydrogens is 188 g/mol. The van der Waals surface area contributed by atoms with Gasteiger partial charge in [-0.2, -0.15) is 0 Å². The Morgan fingerprint density at radius 3 is 2.80 bits per heavy atom. The van der Waals surface area contributed by atoms with Crippen molar-refractivity contribution < 1.29 is 9.47 Å². The predicted octanol–water partition coefficient (Wildman–Crippen LogP) is 3.47. The summed E-state index contributed by atoms with van der Waals surface area (Å²) in [7, 11) is 0. The van der Waals surface area contributed by atoms with Crippen LogP contribution in [0.25, 0.3) is 0 Å². The molecule has 1 aliphatic heterocycles. The molecule has 15 heavy (non-hydrogen) atoms. The summed E-state index contributed by atoms with van der Waals surface area (Å²) in [4.78, 5) is 0. The molecule has 2 heteroatoms. The molecule has 1 rings (SSSR count). The van der Waals surface area contributed by atoms with Crippen LogP contribution in [-0.2, 0) is 9.47 Å². The molecule has 0 aromatic rings. The van der Waals surface area contributed by atoms with Gasteiger partial charge in [-0.15, -0.1) is 0 Å². The Morgan fingerprint density at radius 1 is 1.20 bits per heavy atom. The Morgan fingerprint density at radius 2 is 2.07 bits per heavy atom. The Bertz CT molecular complexity index is 151. The normalized spacial score (nSPS) is 21.5. The van der Waals surface area contributed by atoms with Gasteiger partial charge in [-0.3, -0.25) is 0 Å². The van der Waals surface area contributed by atoms with Crippen molar-refractivity contribution in [2.24, 2.45) is 0 Å². The summed E-state index contributed by atoms with van der Waals surface area (Å²) in [5.74, 6) is 0. The van der Waals surface area contributed by atoms with Crippen molar-refractivity contribution in [2.75, 3.05) is 13.2 Å². The lowest BCUT2D eigenvalue weighted by molar-refractivity contribution is -0.162. The van der Waals surface area contributed by atoms with E-state index in [9.17, 15) is 0 Å². The van der Waals surface area contributed by atoms with Gasteiger partial charge in [0.25, 0.3) is 0 Å². The fraction of sp³-hybridized carbons (Fsp3) is 0.846. The first-order valence-corrected chi connectivity index (χ1v) is 6.20. The maximum Gasteiger partial charge on any atom is 0.157 e. The summed E-state index contributed by atoms with van der Waals surface area (Å²) >= 11 is 0. The van der Waals surface area contributed by atoms with Crippen LogP contribution < -0.4 is 0 Å². The van der Waals surface area contributed by atoms with E-state index in [0.717, 1.165) is 32.5 Å². The molecule has 0 spiro atoms. The van der Waals surface area contributed by atoms with Gasteiger partial charge in [-0.25, -0.2) is 0 Å². The van der Waals surface area contributed by atoms with Crippen LogP contribution in [0.3, 0.4) is 0 Å². The molecule has 0 amide bonds. The lowest BCUT2D eigenvalue weighted by atomic mass is 10.1. The second kappa shape index (κ2) is 8.93. The van der Waals surface area contributed by atoms with Gasteiger partial charge in [-0.1, -0.05) is 25.5 Å². The van der Waals surface area contributed by atoms with Gasteiger partial charge < -0.3 is 9.47 Å². The first kappa shape index (κ1) is 12.7. The van der Waals surface area contributed by atoms with E-state index >= 15 is 0 Å². The summed E-state index contributed by atoms with van der Waals surface area (Å²) in [5.41, 5.74) is 0. The van der Waals surface area contributed by atoms with E-state index in [0.29, 0.717) is 0 Å². The van der Waals surface area contributed by atoms with Gasteiger partial charge in [0.15, 0.2) is 6.29 Å². The minimum atomic E-state index is 0.0797. The van der Waals surface area contributed by atoms with Gasteiger partial charge >= 0.3 is 0 Å². The average Bonchev–Trinajstić information content (AvgIpc) is 2.29. The molecule has 1 unspecified atom stereocenters. The SMILES string of the molecule is [CH]=CCCCCCCOC1CCCCO1. The molecule has 1 saturated heterocycles. The van der Waals surface area contributed by atoms with Gasteiger partial charge in [0.1, 0.15) is 0 Å². The molecule has 87 valence electrons. The minimum Gasteiger partial charge on any atom is -0.353 e. The third kappa shape index (κ3) is 6.69. The van der Waals surface area contributed by atoms with Crippen LogP contribution in [0.2, 0.25) is 0 Å². The zero-order chi connectivity index (χ0) is 10.8. The molecule has 0 saturated carbocycles. The second-order valence-corrected chi connectivity index (χ2v) is 4.11. The molecule has 0 aliphatic carbocycles. The summed E-state index contributed by atoms with van der Waals surface area (Å²) in [5, 5.41) is 0. The standard InChI is InChI=1S/C13H23O2/c1-2-3-4-5-6-8-11-14-13-10-7-9-12-15-13/h1-2,13H,3-12H2. The lowest BCUT2D eigenvalue weighted by Gasteiger charge is -2.22. The summed E-state index contributed by atoms with van der Waals surface area (Å²) < 4.78 is 11.1. The van der Waals surface area contributed by atoms with Crippen molar-refractivity contribution in [1.29, 1.82) is 0 Å². The number of ether oxygens (including phenoxy) is 2. The van der Waals surface area contributed by atoms with Gasteiger partial charge in [0, 0.05) is 13.2 Å². The molecule has 1 heterocycles. The predicted molar refractivity (Wildman–Crippen MR) is 61.5 cm³/mol.